The van der Waals surface area contributed by atoms with Gasteiger partial charge in [0.1, 0.15) is 11.2 Å². The molecule has 0 saturated carbocycles. The standard InChI is InChI=1S/C21H16ClN5O3S2/c22-14-5-3-13(4-6-14)10-23-17(28)12-26-21(30)27-16-7-9-32-18(16)19(29)25(20(27)24-26)11-15-2-1-8-31-15/h1-9H,10-12H2,(H,23,28). The van der Waals surface area contributed by atoms with Crippen molar-refractivity contribution in [2.45, 2.75) is 19.6 Å². The van der Waals surface area contributed by atoms with Crippen molar-refractivity contribution < 1.29 is 4.79 Å². The fourth-order valence-electron chi connectivity index (χ4n) is 3.43. The van der Waals surface area contributed by atoms with E-state index in [4.69, 9.17) is 11.6 Å². The highest BCUT2D eigenvalue weighted by molar-refractivity contribution is 7.17. The minimum atomic E-state index is -0.468. The van der Waals surface area contributed by atoms with E-state index in [0.29, 0.717) is 28.3 Å². The van der Waals surface area contributed by atoms with Crippen LogP contribution >= 0.6 is 34.3 Å². The molecule has 5 aromatic rings. The molecule has 0 saturated heterocycles. The van der Waals surface area contributed by atoms with Crippen LogP contribution in [0, 0.1) is 0 Å². The molecule has 1 N–H and O–H groups in total. The molecule has 4 aromatic heterocycles. The first-order valence-corrected chi connectivity index (χ1v) is 11.8. The second kappa shape index (κ2) is 8.38. The Labute approximate surface area is 193 Å². The van der Waals surface area contributed by atoms with E-state index in [1.165, 1.54) is 31.6 Å². The van der Waals surface area contributed by atoms with E-state index in [1.807, 2.05) is 29.6 Å². The van der Waals surface area contributed by atoms with Crippen molar-refractivity contribution >= 4 is 56.2 Å². The van der Waals surface area contributed by atoms with Crippen LogP contribution in [0.25, 0.3) is 16.0 Å². The molecular formula is C21H16ClN5O3S2. The SMILES string of the molecule is O=C(Cn1nc2n(Cc3cccs3)c(=O)c3sccc3n2c1=O)NCc1ccc(Cl)cc1. The number of halogens is 1. The first-order valence-electron chi connectivity index (χ1n) is 9.64. The first kappa shape index (κ1) is 20.7. The summed E-state index contributed by atoms with van der Waals surface area (Å²) in [7, 11) is 0. The maximum Gasteiger partial charge on any atom is 0.352 e. The third-order valence-electron chi connectivity index (χ3n) is 4.98. The lowest BCUT2D eigenvalue weighted by Crippen LogP contribution is -2.32. The van der Waals surface area contributed by atoms with Gasteiger partial charge in [0.2, 0.25) is 11.7 Å². The molecule has 0 fully saturated rings. The summed E-state index contributed by atoms with van der Waals surface area (Å²) >= 11 is 8.68. The number of thiophene rings is 2. The van der Waals surface area contributed by atoms with Gasteiger partial charge in [-0.1, -0.05) is 29.8 Å². The molecule has 0 spiro atoms. The van der Waals surface area contributed by atoms with Gasteiger partial charge in [-0.3, -0.25) is 14.2 Å². The third kappa shape index (κ3) is 3.77. The fraction of sp³-hybridized carbons (Fsp3) is 0.143. The third-order valence-corrected chi connectivity index (χ3v) is 6.98. The maximum absolute atomic E-state index is 13.1. The monoisotopic (exact) mass is 485 g/mol. The zero-order valence-corrected chi connectivity index (χ0v) is 18.9. The molecule has 0 radical (unpaired) electrons. The number of hydrogen-bond donors (Lipinski definition) is 1. The molecule has 0 aliphatic carbocycles. The molecule has 4 heterocycles. The van der Waals surface area contributed by atoms with Crippen molar-refractivity contribution in [3.63, 3.8) is 0 Å². The van der Waals surface area contributed by atoms with Gasteiger partial charge in [-0.25, -0.2) is 13.9 Å². The number of hydrogen-bond acceptors (Lipinski definition) is 6. The summed E-state index contributed by atoms with van der Waals surface area (Å²) < 4.78 is 4.44. The minimum absolute atomic E-state index is 0.208. The molecular weight excluding hydrogens is 470 g/mol. The molecule has 0 atom stereocenters. The van der Waals surface area contributed by atoms with Crippen LogP contribution in [0.15, 0.2) is 62.8 Å². The lowest BCUT2D eigenvalue weighted by molar-refractivity contribution is -0.122. The number of carbonyl (C=O) groups excluding carboxylic acids is 1. The van der Waals surface area contributed by atoms with Crippen LogP contribution in [0.1, 0.15) is 10.4 Å². The number of rotatable bonds is 6. The highest BCUT2D eigenvalue weighted by Crippen LogP contribution is 2.19. The molecule has 8 nitrogen and oxygen atoms in total. The number of fused-ring (bicyclic) bond motifs is 3. The maximum atomic E-state index is 13.1. The second-order valence-corrected chi connectivity index (χ2v) is 9.47. The van der Waals surface area contributed by atoms with E-state index in [-0.39, 0.29) is 23.8 Å². The van der Waals surface area contributed by atoms with Crippen molar-refractivity contribution in [3.8, 4) is 0 Å². The Hall–Kier alpha value is -3.21. The second-order valence-electron chi connectivity index (χ2n) is 7.08. The van der Waals surface area contributed by atoms with Crippen molar-refractivity contribution in [1.29, 1.82) is 0 Å². The average Bonchev–Trinajstić information content (AvgIpc) is 3.52. The Morgan fingerprint density at radius 1 is 1.06 bits per heavy atom. The molecule has 11 heteroatoms. The number of nitrogens with one attached hydrogen (secondary N) is 1. The van der Waals surface area contributed by atoms with Crippen LogP contribution in [0.2, 0.25) is 5.02 Å². The Kier molecular flexibility index (Phi) is 5.41. The number of benzene rings is 1. The van der Waals surface area contributed by atoms with Gasteiger partial charge in [0, 0.05) is 16.4 Å². The fourth-order valence-corrected chi connectivity index (χ4v) is 5.08. The quantitative estimate of drug-likeness (QED) is 0.400. The molecule has 1 amide bonds. The topological polar surface area (TPSA) is 90.4 Å². The van der Waals surface area contributed by atoms with E-state index in [9.17, 15) is 14.4 Å². The van der Waals surface area contributed by atoms with Gasteiger partial charge in [-0.15, -0.1) is 27.8 Å². The predicted molar refractivity (Wildman–Crippen MR) is 126 cm³/mol. The summed E-state index contributed by atoms with van der Waals surface area (Å²) in [6.45, 7) is 0.343. The smallest absolute Gasteiger partial charge is 0.350 e. The number of carbonyl (C=O) groups is 1. The number of aromatic nitrogens is 4. The van der Waals surface area contributed by atoms with E-state index < -0.39 is 5.69 Å². The van der Waals surface area contributed by atoms with E-state index >= 15 is 0 Å². The molecule has 1 aromatic carbocycles. The van der Waals surface area contributed by atoms with Crippen molar-refractivity contribution in [2.75, 3.05) is 0 Å². The normalized spacial score (nSPS) is 11.4. The molecule has 32 heavy (non-hydrogen) atoms. The van der Waals surface area contributed by atoms with Gasteiger partial charge in [0.15, 0.2) is 0 Å². The number of nitrogens with zero attached hydrogens (tertiary/aromatic N) is 4. The van der Waals surface area contributed by atoms with Gasteiger partial charge in [-0.2, -0.15) is 0 Å². The predicted octanol–water partition coefficient (Wildman–Crippen LogP) is 2.95. The highest BCUT2D eigenvalue weighted by Gasteiger charge is 2.19. The van der Waals surface area contributed by atoms with Gasteiger partial charge >= 0.3 is 5.69 Å². The summed E-state index contributed by atoms with van der Waals surface area (Å²) in [5.41, 5.74) is 0.704. The molecule has 162 valence electrons. The Balaban J connectivity index is 1.49. The van der Waals surface area contributed by atoms with Gasteiger partial charge in [0.05, 0.1) is 12.1 Å². The van der Waals surface area contributed by atoms with Gasteiger partial charge in [-0.05, 0) is 40.6 Å². The van der Waals surface area contributed by atoms with Crippen LogP contribution in [0.5, 0.6) is 0 Å². The minimum Gasteiger partial charge on any atom is -0.350 e. The van der Waals surface area contributed by atoms with Crippen molar-refractivity contribution in [1.82, 2.24) is 24.1 Å². The van der Waals surface area contributed by atoms with E-state index in [0.717, 1.165) is 15.1 Å². The summed E-state index contributed by atoms with van der Waals surface area (Å²) in [6.07, 6.45) is 0. The zero-order chi connectivity index (χ0) is 22.2. The van der Waals surface area contributed by atoms with Gasteiger partial charge < -0.3 is 5.32 Å². The Bertz CT molecular complexity index is 1540. The zero-order valence-electron chi connectivity index (χ0n) is 16.5. The highest BCUT2D eigenvalue weighted by atomic mass is 35.5. The molecule has 0 unspecified atom stereocenters. The van der Waals surface area contributed by atoms with E-state index in [1.54, 1.807) is 23.6 Å². The summed E-state index contributed by atoms with van der Waals surface area (Å²) in [5, 5.41) is 11.4. The summed E-state index contributed by atoms with van der Waals surface area (Å²) in [5.74, 6) is -0.149. The molecule has 5 rings (SSSR count). The van der Waals surface area contributed by atoms with Crippen LogP contribution in [-0.2, 0) is 24.4 Å². The number of amides is 1. The Morgan fingerprint density at radius 2 is 1.88 bits per heavy atom. The Morgan fingerprint density at radius 3 is 2.62 bits per heavy atom. The lowest BCUT2D eigenvalue weighted by atomic mass is 10.2. The molecule has 0 bridgehead atoms. The van der Waals surface area contributed by atoms with Crippen LogP contribution < -0.4 is 16.6 Å². The summed E-state index contributed by atoms with van der Waals surface area (Å²) in [6, 6.07) is 12.7. The molecule has 0 aliphatic heterocycles. The average molecular weight is 486 g/mol. The summed E-state index contributed by atoms with van der Waals surface area (Å²) in [4.78, 5) is 39.7. The van der Waals surface area contributed by atoms with Crippen LogP contribution in [0.3, 0.4) is 0 Å². The van der Waals surface area contributed by atoms with Crippen LogP contribution in [0.4, 0.5) is 0 Å². The largest absolute Gasteiger partial charge is 0.352 e. The van der Waals surface area contributed by atoms with E-state index in [2.05, 4.69) is 10.4 Å². The van der Waals surface area contributed by atoms with Crippen molar-refractivity contribution in [3.05, 3.63) is 89.5 Å². The first-order chi connectivity index (χ1) is 15.5. The van der Waals surface area contributed by atoms with Crippen LogP contribution in [-0.4, -0.2) is 24.7 Å². The lowest BCUT2D eigenvalue weighted by Gasteiger charge is -2.06. The molecule has 0 aliphatic rings. The van der Waals surface area contributed by atoms with Crippen molar-refractivity contribution in [2.24, 2.45) is 0 Å². The van der Waals surface area contributed by atoms with Gasteiger partial charge in [0.25, 0.3) is 5.56 Å².